The van der Waals surface area contributed by atoms with E-state index in [1.165, 1.54) is 30.5 Å². The molecule has 146 valence electrons. The Hall–Kier alpha value is -1.91. The maximum atomic E-state index is 15.2. The van der Waals surface area contributed by atoms with Crippen LogP contribution in [0.1, 0.15) is 55.6 Å². The van der Waals surface area contributed by atoms with E-state index < -0.39 is 23.6 Å². The van der Waals surface area contributed by atoms with Crippen molar-refractivity contribution in [1.29, 1.82) is 0 Å². The predicted molar refractivity (Wildman–Crippen MR) is 102 cm³/mol. The van der Waals surface area contributed by atoms with Crippen molar-refractivity contribution in [3.8, 4) is 0 Å². The minimum absolute atomic E-state index is 0. The molecule has 6 nitrogen and oxygen atoms in total. The Balaban J connectivity index is 0.00000392. The normalized spacial score (nSPS) is 12.7. The molecule has 0 bridgehead atoms. The van der Waals surface area contributed by atoms with Crippen molar-refractivity contribution in [2.24, 2.45) is 0 Å². The molecule has 1 heterocycles. The number of rotatable bonds is 8. The third-order valence-corrected chi connectivity index (χ3v) is 4.46. The zero-order chi connectivity index (χ0) is 20.1. The maximum Gasteiger partial charge on any atom is 1.00 e. The number of carboxylic acid groups (broad SMARTS) is 1. The largest absolute Gasteiger partial charge is 1.00 e. The Morgan fingerprint density at radius 1 is 1.36 bits per heavy atom. The first kappa shape index (κ1) is 24.1. The van der Waals surface area contributed by atoms with Crippen LogP contribution in [0.2, 0.25) is 5.02 Å². The van der Waals surface area contributed by atoms with Gasteiger partial charge in [-0.25, -0.2) is 9.37 Å². The van der Waals surface area contributed by atoms with Crippen LogP contribution in [0.3, 0.4) is 0 Å². The van der Waals surface area contributed by atoms with Gasteiger partial charge >= 0.3 is 24.8 Å². The molecule has 1 aromatic carbocycles. The number of benzene rings is 1. The Labute approximate surface area is 181 Å². The SMILES string of the molecule is CC[C@@H](NC(C)CC(=O)O)c1ccc(Cl)c(C(=O)c2ccc(N)nc2)c1F.[H-].[Li+]. The van der Waals surface area contributed by atoms with Crippen molar-refractivity contribution in [2.45, 2.75) is 38.8 Å². The molecule has 0 radical (unpaired) electrons. The molecule has 2 aromatic rings. The fourth-order valence-electron chi connectivity index (χ4n) is 2.82. The number of carbonyl (C=O) groups excluding carboxylic acids is 1. The van der Waals surface area contributed by atoms with Gasteiger partial charge in [0, 0.05) is 29.4 Å². The molecule has 2 rings (SSSR count). The topological polar surface area (TPSA) is 105 Å². The number of anilines is 1. The molecule has 0 saturated heterocycles. The molecule has 1 aromatic heterocycles. The molecule has 0 aliphatic heterocycles. The molecule has 0 aliphatic rings. The number of nitrogen functional groups attached to an aromatic ring is 1. The molecule has 2 atom stereocenters. The van der Waals surface area contributed by atoms with Crippen molar-refractivity contribution in [1.82, 2.24) is 10.3 Å². The Morgan fingerprint density at radius 2 is 2.04 bits per heavy atom. The van der Waals surface area contributed by atoms with Gasteiger partial charge in [-0.3, -0.25) is 9.59 Å². The molecule has 0 fully saturated rings. The molecule has 0 spiro atoms. The number of halogens is 2. The second-order valence-electron chi connectivity index (χ2n) is 6.25. The smallest absolute Gasteiger partial charge is 1.00 e. The zero-order valence-corrected chi connectivity index (χ0v) is 16.8. The fraction of sp³-hybridized carbons (Fsp3) is 0.316. The summed E-state index contributed by atoms with van der Waals surface area (Å²) in [7, 11) is 0. The molecule has 0 amide bonds. The van der Waals surface area contributed by atoms with Crippen molar-refractivity contribution in [3.63, 3.8) is 0 Å². The summed E-state index contributed by atoms with van der Waals surface area (Å²) in [5.74, 6) is -2.03. The number of nitrogens with two attached hydrogens (primary N) is 1. The van der Waals surface area contributed by atoms with Gasteiger partial charge in [0.05, 0.1) is 17.0 Å². The van der Waals surface area contributed by atoms with E-state index in [-0.39, 0.29) is 60.3 Å². The zero-order valence-electron chi connectivity index (χ0n) is 17.0. The Kier molecular flexibility index (Phi) is 9.12. The number of hydrogen-bond acceptors (Lipinski definition) is 5. The first-order chi connectivity index (χ1) is 12.7. The van der Waals surface area contributed by atoms with E-state index in [4.69, 9.17) is 22.4 Å². The summed E-state index contributed by atoms with van der Waals surface area (Å²) >= 11 is 6.10. The van der Waals surface area contributed by atoms with Gasteiger partial charge in [0.1, 0.15) is 11.6 Å². The summed E-state index contributed by atoms with van der Waals surface area (Å²) in [4.78, 5) is 27.4. The van der Waals surface area contributed by atoms with Crippen LogP contribution in [-0.4, -0.2) is 27.9 Å². The summed E-state index contributed by atoms with van der Waals surface area (Å²) in [5.41, 5.74) is 5.70. The molecule has 28 heavy (non-hydrogen) atoms. The van der Waals surface area contributed by atoms with E-state index in [1.807, 2.05) is 6.92 Å². The van der Waals surface area contributed by atoms with Crippen LogP contribution in [0.5, 0.6) is 0 Å². The standard InChI is InChI=1S/C19H21ClFN3O3.Li.H/c1-3-14(24-10(2)8-16(25)26)12-5-6-13(20)17(18(12)21)19(27)11-4-7-15(22)23-9-11;;/h4-7,9-10,14,24H,3,8H2,1-2H3,(H2,22,23)(H,25,26);;/q;+1;-1/t10?,14-;;/m1../s1. The first-order valence-corrected chi connectivity index (χ1v) is 8.84. The van der Waals surface area contributed by atoms with Crippen molar-refractivity contribution < 1.29 is 39.4 Å². The molecule has 1 unspecified atom stereocenters. The van der Waals surface area contributed by atoms with E-state index in [1.54, 1.807) is 6.92 Å². The second-order valence-corrected chi connectivity index (χ2v) is 6.66. The summed E-state index contributed by atoms with van der Waals surface area (Å²) in [6.07, 6.45) is 1.67. The van der Waals surface area contributed by atoms with E-state index in [2.05, 4.69) is 10.3 Å². The predicted octanol–water partition coefficient (Wildman–Crippen LogP) is 0.708. The number of carbonyl (C=O) groups is 2. The van der Waals surface area contributed by atoms with Crippen LogP contribution >= 0.6 is 11.6 Å². The summed E-state index contributed by atoms with van der Waals surface area (Å²) in [5, 5.41) is 12.0. The van der Waals surface area contributed by atoms with Gasteiger partial charge in [0.15, 0.2) is 5.78 Å². The average Bonchev–Trinajstić information content (AvgIpc) is 2.60. The molecule has 0 aliphatic carbocycles. The van der Waals surface area contributed by atoms with E-state index >= 15 is 4.39 Å². The van der Waals surface area contributed by atoms with Crippen LogP contribution in [-0.2, 0) is 4.79 Å². The first-order valence-electron chi connectivity index (χ1n) is 8.46. The molecule has 0 saturated carbocycles. The van der Waals surface area contributed by atoms with Gasteiger partial charge < -0.3 is 17.6 Å². The molecular weight excluding hydrogens is 380 g/mol. The quantitative estimate of drug-likeness (QED) is 0.444. The van der Waals surface area contributed by atoms with Crippen molar-refractivity contribution in [2.75, 3.05) is 5.73 Å². The second kappa shape index (κ2) is 10.6. The number of aliphatic carboxylic acids is 1. The van der Waals surface area contributed by atoms with Crippen LogP contribution in [0, 0.1) is 5.82 Å². The summed E-state index contributed by atoms with van der Waals surface area (Å²) < 4.78 is 15.2. The van der Waals surface area contributed by atoms with Gasteiger partial charge in [0.25, 0.3) is 0 Å². The monoisotopic (exact) mass is 401 g/mol. The van der Waals surface area contributed by atoms with Gasteiger partial charge in [0.2, 0.25) is 0 Å². The average molecular weight is 402 g/mol. The van der Waals surface area contributed by atoms with Gasteiger partial charge in [-0.1, -0.05) is 24.6 Å². The van der Waals surface area contributed by atoms with Gasteiger partial charge in [-0.05, 0) is 31.5 Å². The minimum Gasteiger partial charge on any atom is -1.00 e. The number of hydrogen-bond donors (Lipinski definition) is 3. The van der Waals surface area contributed by atoms with E-state index in [9.17, 15) is 9.59 Å². The number of pyridine rings is 1. The fourth-order valence-corrected chi connectivity index (χ4v) is 3.05. The summed E-state index contributed by atoms with van der Waals surface area (Å²) in [6, 6.07) is 5.04. The molecular formula is C19H22ClFLiN3O3. The summed E-state index contributed by atoms with van der Waals surface area (Å²) in [6.45, 7) is 3.54. The van der Waals surface area contributed by atoms with E-state index in [0.29, 0.717) is 6.42 Å². The maximum absolute atomic E-state index is 15.2. The number of nitrogens with zero attached hydrogens (tertiary/aromatic N) is 1. The number of nitrogens with one attached hydrogen (secondary N) is 1. The van der Waals surface area contributed by atoms with Gasteiger partial charge in [-0.2, -0.15) is 0 Å². The number of aromatic nitrogens is 1. The Morgan fingerprint density at radius 3 is 2.57 bits per heavy atom. The Bertz CT molecular complexity index is 855. The number of carboxylic acids is 1. The van der Waals surface area contributed by atoms with Crippen LogP contribution < -0.4 is 29.9 Å². The number of ketones is 1. The van der Waals surface area contributed by atoms with Crippen LogP contribution in [0.25, 0.3) is 0 Å². The third-order valence-electron chi connectivity index (χ3n) is 4.15. The molecule has 9 heteroatoms. The van der Waals surface area contributed by atoms with Crippen molar-refractivity contribution in [3.05, 3.63) is 58.0 Å². The third kappa shape index (κ3) is 5.79. The van der Waals surface area contributed by atoms with Crippen LogP contribution in [0.15, 0.2) is 30.5 Å². The van der Waals surface area contributed by atoms with Gasteiger partial charge in [-0.15, -0.1) is 0 Å². The van der Waals surface area contributed by atoms with E-state index in [0.717, 1.165) is 0 Å². The van der Waals surface area contributed by atoms with Crippen molar-refractivity contribution >= 4 is 29.2 Å². The van der Waals surface area contributed by atoms with Crippen LogP contribution in [0.4, 0.5) is 10.2 Å². The molecule has 4 N–H and O–H groups in total. The minimum atomic E-state index is -0.951.